The fraction of sp³-hybridized carbons (Fsp3) is 1.00. The van der Waals surface area contributed by atoms with E-state index in [9.17, 15) is 0 Å². The quantitative estimate of drug-likeness (QED) is 0.118. The summed E-state index contributed by atoms with van der Waals surface area (Å²) in [5.74, 6) is 0. The highest BCUT2D eigenvalue weighted by Crippen LogP contribution is 2.43. The first-order valence-corrected chi connectivity index (χ1v) is 20.7. The first kappa shape index (κ1) is 33.7. The fourth-order valence-corrected chi connectivity index (χ4v) is 20.5. The highest BCUT2D eigenvalue weighted by molar-refractivity contribution is 8.03. The van der Waals surface area contributed by atoms with Gasteiger partial charge >= 0.3 is 0 Å². The fourth-order valence-electron chi connectivity index (χ4n) is 5.27. The van der Waals surface area contributed by atoms with Crippen LogP contribution in [0.3, 0.4) is 0 Å². The summed E-state index contributed by atoms with van der Waals surface area (Å²) in [7, 11) is -3.62. The van der Waals surface area contributed by atoms with Crippen LogP contribution in [0.15, 0.2) is 0 Å². The molecular weight excluding hydrogens is 457 g/mol. The van der Waals surface area contributed by atoms with Gasteiger partial charge in [-0.25, -0.2) is 0 Å². The van der Waals surface area contributed by atoms with Crippen molar-refractivity contribution in [2.24, 2.45) is 0 Å². The average molecular weight is 519 g/mol. The second kappa shape index (κ2) is 20.9. The average Bonchev–Trinajstić information content (AvgIpc) is 2.85. The zero-order chi connectivity index (χ0) is 25.0. The molecule has 0 aliphatic heterocycles. The van der Waals surface area contributed by atoms with Gasteiger partial charge in [0.2, 0.25) is 16.6 Å². The highest BCUT2D eigenvalue weighted by atomic mass is 32.2. The summed E-state index contributed by atoms with van der Waals surface area (Å²) in [6.45, 7) is 20.8. The number of unbranched alkanes of at least 4 members (excludes halogenated alkanes) is 4. The molecule has 0 spiro atoms. The second-order valence-electron chi connectivity index (χ2n) is 10.2. The summed E-state index contributed by atoms with van der Waals surface area (Å²) in [5, 5.41) is 0. The predicted molar refractivity (Wildman–Crippen MR) is 159 cm³/mol. The van der Waals surface area contributed by atoms with E-state index in [-0.39, 0.29) is 0 Å². The number of thioether (sulfide) groups is 1. The molecule has 33 heavy (non-hydrogen) atoms. The van der Waals surface area contributed by atoms with Crippen molar-refractivity contribution in [2.45, 2.75) is 166 Å². The molecule has 0 aromatic heterocycles. The minimum absolute atomic E-state index is 0.715. The predicted octanol–water partition coefficient (Wildman–Crippen LogP) is 10.3. The van der Waals surface area contributed by atoms with Crippen LogP contribution in [0.5, 0.6) is 0 Å². The van der Waals surface area contributed by atoms with Gasteiger partial charge in [0, 0.05) is 23.0 Å². The third kappa shape index (κ3) is 12.0. The van der Waals surface area contributed by atoms with Crippen molar-refractivity contribution < 1.29 is 8.85 Å². The Hall–Kier alpha value is 0.704. The van der Waals surface area contributed by atoms with E-state index in [1.165, 1.54) is 88.4 Å². The molecule has 0 aromatic carbocycles. The van der Waals surface area contributed by atoms with Crippen molar-refractivity contribution in [3.63, 3.8) is 0 Å². The number of rotatable bonds is 24. The van der Waals surface area contributed by atoms with Gasteiger partial charge in [-0.05, 0) is 49.9 Å². The molecule has 0 radical (unpaired) electrons. The Morgan fingerprint density at radius 3 is 1.00 bits per heavy atom. The van der Waals surface area contributed by atoms with Crippen molar-refractivity contribution in [3.05, 3.63) is 0 Å². The molecule has 0 N–H and O–H groups in total. The normalized spacial score (nSPS) is 14.5. The molecule has 0 heterocycles. The lowest BCUT2D eigenvalue weighted by molar-refractivity contribution is 0.290. The van der Waals surface area contributed by atoms with Crippen molar-refractivity contribution >= 4 is 28.4 Å². The third-order valence-electron chi connectivity index (χ3n) is 7.25. The molecule has 0 bridgehead atoms. The summed E-state index contributed by atoms with van der Waals surface area (Å²) in [4.78, 5) is 1.43. The van der Waals surface area contributed by atoms with E-state index in [0.29, 0.717) is 9.75 Å². The van der Waals surface area contributed by atoms with Crippen molar-refractivity contribution in [1.82, 2.24) is 0 Å². The van der Waals surface area contributed by atoms with Gasteiger partial charge in [-0.2, -0.15) is 11.8 Å². The molecule has 0 rings (SSSR count). The Balaban J connectivity index is 6.13. The van der Waals surface area contributed by atoms with E-state index in [2.05, 4.69) is 67.2 Å². The lowest BCUT2D eigenvalue weighted by Crippen LogP contribution is -2.54. The minimum atomic E-state index is -1.81. The van der Waals surface area contributed by atoms with Crippen molar-refractivity contribution in [1.29, 1.82) is 0 Å². The van der Waals surface area contributed by atoms with E-state index in [1.807, 2.05) is 0 Å². The van der Waals surface area contributed by atoms with Crippen LogP contribution < -0.4 is 0 Å². The Morgan fingerprint density at radius 1 is 0.485 bits per heavy atom. The maximum atomic E-state index is 7.03. The van der Waals surface area contributed by atoms with Crippen LogP contribution in [-0.2, 0) is 8.85 Å². The van der Waals surface area contributed by atoms with Crippen LogP contribution in [0.2, 0.25) is 24.2 Å². The van der Waals surface area contributed by atoms with E-state index < -0.39 is 16.6 Å². The van der Waals surface area contributed by atoms with Crippen LogP contribution in [0.25, 0.3) is 0 Å². The van der Waals surface area contributed by atoms with Crippen LogP contribution >= 0.6 is 11.8 Å². The summed E-state index contributed by atoms with van der Waals surface area (Å²) in [6, 6.07) is 5.44. The Morgan fingerprint density at radius 2 is 0.788 bits per heavy atom. The summed E-state index contributed by atoms with van der Waals surface area (Å²) < 4.78 is 14.1. The standard InChI is InChI=1S/C28H62O2SSi2/c1-9-17-23-32(24-18-10-2,29-21-13-5)27(15-7)31-28(16-8)33(25-19-11-3,26-20-12-4)30-22-14-6/h27-28H,9-26H2,1-8H3. The Kier molecular flexibility index (Phi) is 21.3. The molecule has 2 nitrogen and oxygen atoms in total. The van der Waals surface area contributed by atoms with Gasteiger partial charge in [0.15, 0.2) is 0 Å². The second-order valence-corrected chi connectivity index (χ2v) is 20.6. The topological polar surface area (TPSA) is 18.5 Å². The van der Waals surface area contributed by atoms with Crippen LogP contribution in [0, 0.1) is 0 Å². The minimum Gasteiger partial charge on any atom is -0.416 e. The van der Waals surface area contributed by atoms with E-state index in [1.54, 1.807) is 0 Å². The van der Waals surface area contributed by atoms with Crippen molar-refractivity contribution in [3.8, 4) is 0 Å². The van der Waals surface area contributed by atoms with Gasteiger partial charge in [0.05, 0.1) is 0 Å². The van der Waals surface area contributed by atoms with Gasteiger partial charge in [-0.3, -0.25) is 0 Å². The monoisotopic (exact) mass is 518 g/mol. The summed E-state index contributed by atoms with van der Waals surface area (Å²) >= 11 is 2.38. The summed E-state index contributed by atoms with van der Waals surface area (Å²) in [5.41, 5.74) is 0. The lowest BCUT2D eigenvalue weighted by atomic mass is 10.4. The molecule has 0 aliphatic rings. The van der Waals surface area contributed by atoms with E-state index >= 15 is 0 Å². The first-order chi connectivity index (χ1) is 16.0. The molecule has 0 aromatic rings. The largest absolute Gasteiger partial charge is 0.416 e. The SMILES string of the molecule is CCCC[Si](CCCC)(OCCC)C(CC)SC(CC)[Si](CCCC)(CCCC)OCCC. The molecule has 0 saturated carbocycles. The Bertz CT molecular complexity index is 355. The maximum absolute atomic E-state index is 7.03. The van der Waals surface area contributed by atoms with E-state index in [0.717, 1.165) is 26.1 Å². The molecule has 0 amide bonds. The molecule has 0 fully saturated rings. The van der Waals surface area contributed by atoms with Gasteiger partial charge in [-0.15, -0.1) is 0 Å². The van der Waals surface area contributed by atoms with E-state index in [4.69, 9.17) is 8.85 Å². The highest BCUT2D eigenvalue weighted by Gasteiger charge is 2.48. The Labute approximate surface area is 216 Å². The number of hydrogen-bond donors (Lipinski definition) is 0. The summed E-state index contributed by atoms with van der Waals surface area (Å²) in [6.07, 6.45) is 15.4. The van der Waals surface area contributed by atoms with Crippen LogP contribution in [0.4, 0.5) is 0 Å². The third-order valence-corrected chi connectivity index (χ3v) is 21.5. The van der Waals surface area contributed by atoms with Gasteiger partial charge in [0.1, 0.15) is 0 Å². The molecule has 2 unspecified atom stereocenters. The zero-order valence-corrected chi connectivity index (χ0v) is 26.9. The molecule has 2 atom stereocenters. The molecule has 0 saturated heterocycles. The van der Waals surface area contributed by atoms with Crippen LogP contribution in [0.1, 0.15) is 132 Å². The molecular formula is C28H62O2SSi2. The van der Waals surface area contributed by atoms with Gasteiger partial charge in [-0.1, -0.05) is 107 Å². The van der Waals surface area contributed by atoms with Crippen molar-refractivity contribution in [2.75, 3.05) is 13.2 Å². The number of hydrogen-bond acceptors (Lipinski definition) is 3. The van der Waals surface area contributed by atoms with Gasteiger partial charge in [0.25, 0.3) is 0 Å². The molecule has 0 aliphatic carbocycles. The first-order valence-electron chi connectivity index (χ1n) is 14.9. The maximum Gasteiger partial charge on any atom is 0.205 e. The molecule has 200 valence electrons. The van der Waals surface area contributed by atoms with Gasteiger partial charge < -0.3 is 8.85 Å². The molecule has 5 heteroatoms. The smallest absolute Gasteiger partial charge is 0.205 e. The lowest BCUT2D eigenvalue weighted by Gasteiger charge is -2.44. The van der Waals surface area contributed by atoms with Crippen LogP contribution in [-0.4, -0.2) is 39.6 Å². The zero-order valence-electron chi connectivity index (χ0n) is 24.1.